The van der Waals surface area contributed by atoms with Gasteiger partial charge < -0.3 is 9.63 Å². The van der Waals surface area contributed by atoms with Gasteiger partial charge in [0.25, 0.3) is 5.56 Å². The molecule has 1 unspecified atom stereocenters. The van der Waals surface area contributed by atoms with Gasteiger partial charge in [0.05, 0.1) is 5.03 Å². The molecule has 4 aromatic rings. The highest BCUT2D eigenvalue weighted by Gasteiger charge is 2.38. The van der Waals surface area contributed by atoms with Gasteiger partial charge in [-0.3, -0.25) is 9.36 Å². The van der Waals surface area contributed by atoms with Crippen LogP contribution in [-0.4, -0.2) is 26.6 Å². The van der Waals surface area contributed by atoms with Crippen molar-refractivity contribution in [3.63, 3.8) is 0 Å². The van der Waals surface area contributed by atoms with Gasteiger partial charge in [0.15, 0.2) is 5.76 Å². The second-order valence-electron chi connectivity index (χ2n) is 8.03. The van der Waals surface area contributed by atoms with Gasteiger partial charge in [0.1, 0.15) is 11.7 Å². The van der Waals surface area contributed by atoms with E-state index in [4.69, 9.17) is 4.52 Å². The third-order valence-corrected chi connectivity index (χ3v) is 7.22. The average Bonchev–Trinajstić information content (AvgIpc) is 3.31. The number of fused-ring (bicyclic) bond motifs is 2. The van der Waals surface area contributed by atoms with Crippen LogP contribution in [0.15, 0.2) is 68.9 Å². The van der Waals surface area contributed by atoms with Crippen LogP contribution in [0.2, 0.25) is 0 Å². The first kappa shape index (κ1) is 18.4. The molecule has 0 saturated heterocycles. The number of aromatic nitrogens is 2. The Morgan fingerprint density at radius 2 is 1.90 bits per heavy atom. The molecule has 2 aromatic carbocycles. The van der Waals surface area contributed by atoms with E-state index in [0.29, 0.717) is 23.1 Å². The van der Waals surface area contributed by atoms with Crippen LogP contribution in [0.25, 0.3) is 33.4 Å². The maximum atomic E-state index is 12.9. The minimum atomic E-state index is -0.970. The molecule has 2 aromatic heterocycles. The number of carboxylic acids is 1. The summed E-state index contributed by atoms with van der Waals surface area (Å²) in [6.45, 7) is 0. The van der Waals surface area contributed by atoms with E-state index in [0.717, 1.165) is 45.3 Å². The number of benzene rings is 2. The quantitative estimate of drug-likeness (QED) is 0.494. The van der Waals surface area contributed by atoms with Crippen LogP contribution in [0.5, 0.6) is 0 Å². The van der Waals surface area contributed by atoms with E-state index in [9.17, 15) is 14.7 Å². The van der Waals surface area contributed by atoms with Crippen LogP contribution in [0.4, 0.5) is 0 Å². The van der Waals surface area contributed by atoms with Gasteiger partial charge in [-0.05, 0) is 35.1 Å². The summed E-state index contributed by atoms with van der Waals surface area (Å²) in [7, 11) is 0. The lowest BCUT2D eigenvalue weighted by Crippen LogP contribution is -2.29. The van der Waals surface area contributed by atoms with Gasteiger partial charge in [-0.1, -0.05) is 47.6 Å². The van der Waals surface area contributed by atoms with Crippen molar-refractivity contribution >= 4 is 28.5 Å². The molecule has 6 nitrogen and oxygen atoms in total. The molecular formula is C24H18N2O4S. The van der Waals surface area contributed by atoms with Crippen molar-refractivity contribution in [1.82, 2.24) is 9.72 Å². The standard InChI is InChI=1S/C24H18N2O4S/c27-21-10-17(22(14-8-9-14)23-26(21)19(12-31-23)24(28)29)18-11-20(30-25-18)16-7-3-5-13-4-1-2-6-15(13)16/h1-7,10-11,14,19H,8-9,12H2,(H,28,29). The smallest absolute Gasteiger partial charge is 0.327 e. The minimum Gasteiger partial charge on any atom is -0.480 e. The van der Waals surface area contributed by atoms with Crippen LogP contribution in [0.3, 0.4) is 0 Å². The van der Waals surface area contributed by atoms with Crippen LogP contribution >= 0.6 is 11.8 Å². The number of nitrogens with zero attached hydrogens (tertiary/aromatic N) is 2. The zero-order valence-electron chi connectivity index (χ0n) is 16.4. The molecule has 3 heterocycles. The molecule has 31 heavy (non-hydrogen) atoms. The molecule has 0 amide bonds. The summed E-state index contributed by atoms with van der Waals surface area (Å²) in [4.78, 5) is 24.5. The fraction of sp³-hybridized carbons (Fsp3) is 0.208. The van der Waals surface area contributed by atoms with Gasteiger partial charge >= 0.3 is 5.97 Å². The second-order valence-corrected chi connectivity index (χ2v) is 9.04. The van der Waals surface area contributed by atoms with Crippen molar-refractivity contribution in [2.75, 3.05) is 5.75 Å². The number of rotatable bonds is 4. The number of hydrogen-bond acceptors (Lipinski definition) is 5. The van der Waals surface area contributed by atoms with E-state index in [1.54, 1.807) is 0 Å². The highest BCUT2D eigenvalue weighted by molar-refractivity contribution is 7.99. The zero-order valence-corrected chi connectivity index (χ0v) is 17.3. The Morgan fingerprint density at radius 1 is 1.10 bits per heavy atom. The summed E-state index contributed by atoms with van der Waals surface area (Å²) in [5.41, 5.74) is 3.05. The number of carbonyl (C=O) groups is 1. The first-order chi connectivity index (χ1) is 15.1. The molecule has 1 N–H and O–H groups in total. The molecule has 1 aliphatic heterocycles. The van der Waals surface area contributed by atoms with Crippen molar-refractivity contribution in [3.05, 3.63) is 70.5 Å². The monoisotopic (exact) mass is 430 g/mol. The Labute approximate surface area is 181 Å². The lowest BCUT2D eigenvalue weighted by Gasteiger charge is -2.14. The Bertz CT molecular complexity index is 1410. The molecule has 154 valence electrons. The largest absolute Gasteiger partial charge is 0.480 e. The summed E-state index contributed by atoms with van der Waals surface area (Å²) in [6, 6.07) is 16.7. The molecule has 1 atom stereocenters. The average molecular weight is 430 g/mol. The molecule has 1 aliphatic carbocycles. The number of thioether (sulfide) groups is 1. The fourth-order valence-corrected chi connectivity index (χ4v) is 5.82. The van der Waals surface area contributed by atoms with Gasteiger partial charge in [-0.15, -0.1) is 11.8 Å². The molecule has 0 spiro atoms. The van der Waals surface area contributed by atoms with E-state index in [1.165, 1.54) is 22.4 Å². The molecule has 0 bridgehead atoms. The van der Waals surface area contributed by atoms with E-state index in [1.807, 2.05) is 36.4 Å². The molecule has 1 saturated carbocycles. The number of pyridine rings is 1. The van der Waals surface area contributed by atoms with Gasteiger partial charge in [0, 0.05) is 29.0 Å². The maximum Gasteiger partial charge on any atom is 0.327 e. The Kier molecular flexibility index (Phi) is 4.08. The summed E-state index contributed by atoms with van der Waals surface area (Å²) in [5, 5.41) is 16.8. The van der Waals surface area contributed by atoms with Crippen LogP contribution in [0.1, 0.15) is 30.4 Å². The van der Waals surface area contributed by atoms with Crippen LogP contribution in [-0.2, 0) is 4.79 Å². The predicted octanol–water partition coefficient (Wildman–Crippen LogP) is 4.93. The van der Waals surface area contributed by atoms with Crippen molar-refractivity contribution in [2.45, 2.75) is 29.8 Å². The van der Waals surface area contributed by atoms with E-state index < -0.39 is 12.0 Å². The van der Waals surface area contributed by atoms with Crippen molar-refractivity contribution in [1.29, 1.82) is 0 Å². The minimum absolute atomic E-state index is 0.304. The number of aliphatic carboxylic acids is 1. The Morgan fingerprint density at radius 3 is 2.71 bits per heavy atom. The highest BCUT2D eigenvalue weighted by atomic mass is 32.2. The van der Waals surface area contributed by atoms with E-state index in [-0.39, 0.29) is 5.56 Å². The lowest BCUT2D eigenvalue weighted by atomic mass is 10.00. The first-order valence-corrected chi connectivity index (χ1v) is 11.2. The summed E-state index contributed by atoms with van der Waals surface area (Å²) >= 11 is 1.45. The van der Waals surface area contributed by atoms with Crippen molar-refractivity contribution in [3.8, 4) is 22.6 Å². The fourth-order valence-electron chi connectivity index (χ4n) is 4.42. The van der Waals surface area contributed by atoms with E-state index in [2.05, 4.69) is 17.3 Å². The normalized spacial score (nSPS) is 17.7. The third-order valence-electron chi connectivity index (χ3n) is 6.05. The van der Waals surface area contributed by atoms with Gasteiger partial charge in [-0.2, -0.15) is 0 Å². The van der Waals surface area contributed by atoms with E-state index >= 15 is 0 Å². The molecule has 7 heteroatoms. The molecule has 1 fully saturated rings. The topological polar surface area (TPSA) is 85.3 Å². The third kappa shape index (κ3) is 2.91. The van der Waals surface area contributed by atoms with Gasteiger partial charge in [-0.25, -0.2) is 4.79 Å². The van der Waals surface area contributed by atoms with Crippen molar-refractivity contribution in [2.24, 2.45) is 0 Å². The molecular weight excluding hydrogens is 412 g/mol. The number of hydrogen-bond donors (Lipinski definition) is 1. The predicted molar refractivity (Wildman–Crippen MR) is 119 cm³/mol. The SMILES string of the molecule is O=C(O)C1CSc2c(C3CC3)c(-c3cc(-c4cccc5ccccc45)on3)cc(=O)n21. The number of carboxylic acid groups (broad SMARTS) is 1. The second kappa shape index (κ2) is 6.85. The zero-order chi connectivity index (χ0) is 21.1. The van der Waals surface area contributed by atoms with Crippen LogP contribution < -0.4 is 5.56 Å². The summed E-state index contributed by atoms with van der Waals surface area (Å²) < 4.78 is 7.17. The first-order valence-electron chi connectivity index (χ1n) is 10.2. The van der Waals surface area contributed by atoms with Crippen LogP contribution in [0, 0.1) is 0 Å². The van der Waals surface area contributed by atoms with Gasteiger partial charge in [0.2, 0.25) is 0 Å². The molecule has 6 rings (SSSR count). The Hall–Kier alpha value is -3.32. The maximum absolute atomic E-state index is 12.9. The highest BCUT2D eigenvalue weighted by Crippen LogP contribution is 2.50. The molecule has 2 aliphatic rings. The Balaban J connectivity index is 1.51. The van der Waals surface area contributed by atoms with Crippen molar-refractivity contribution < 1.29 is 14.4 Å². The molecule has 0 radical (unpaired) electrons. The summed E-state index contributed by atoms with van der Waals surface area (Å²) in [5.74, 6) is 0.371. The summed E-state index contributed by atoms with van der Waals surface area (Å²) in [6.07, 6.45) is 2.06. The lowest BCUT2D eigenvalue weighted by molar-refractivity contribution is -0.140.